The molecule has 0 aliphatic heterocycles. The van der Waals surface area contributed by atoms with Gasteiger partial charge in [0.2, 0.25) is 5.91 Å². The molecule has 1 aliphatic rings. The smallest absolute Gasteiger partial charge is 0.310 e. The number of carbonyl (C=O) groups is 2. The first-order valence-electron chi connectivity index (χ1n) is 8.53. The molecule has 0 bridgehead atoms. The number of aromatic nitrogens is 2. The minimum Gasteiger partial charge on any atom is -0.481 e. The molecule has 0 radical (unpaired) electrons. The van der Waals surface area contributed by atoms with Crippen molar-refractivity contribution >= 4 is 11.9 Å². The lowest BCUT2D eigenvalue weighted by molar-refractivity contribution is -0.157. The van der Waals surface area contributed by atoms with Gasteiger partial charge >= 0.3 is 5.97 Å². The maximum Gasteiger partial charge on any atom is 0.310 e. The van der Waals surface area contributed by atoms with Gasteiger partial charge in [-0.2, -0.15) is 5.10 Å². The van der Waals surface area contributed by atoms with Crippen molar-refractivity contribution in [2.24, 2.45) is 5.41 Å². The van der Waals surface area contributed by atoms with Crippen molar-refractivity contribution in [1.82, 2.24) is 15.1 Å². The topological polar surface area (TPSA) is 84.2 Å². The molecule has 6 heteroatoms. The van der Waals surface area contributed by atoms with Crippen LogP contribution in [0.1, 0.15) is 42.6 Å². The molecular weight excluding hydrogens is 318 g/mol. The molecule has 0 saturated heterocycles. The number of aryl methyl sites for hydroxylation is 2. The van der Waals surface area contributed by atoms with E-state index in [1.54, 1.807) is 0 Å². The second-order valence-electron chi connectivity index (χ2n) is 6.86. The van der Waals surface area contributed by atoms with Crippen LogP contribution in [0.15, 0.2) is 30.3 Å². The third-order valence-electron chi connectivity index (χ3n) is 4.97. The lowest BCUT2D eigenvalue weighted by Gasteiger charge is -2.36. The average Bonchev–Trinajstić information content (AvgIpc) is 2.87. The van der Waals surface area contributed by atoms with Crippen LogP contribution >= 0.6 is 0 Å². The number of hydrogen-bond acceptors (Lipinski definition) is 3. The Labute approximate surface area is 146 Å². The second-order valence-corrected chi connectivity index (χ2v) is 6.86. The minimum atomic E-state index is -0.864. The quantitative estimate of drug-likeness (QED) is 0.846. The molecule has 6 nitrogen and oxygen atoms in total. The lowest BCUT2D eigenvalue weighted by Crippen LogP contribution is -2.42. The molecule has 2 aromatic rings. The Hall–Kier alpha value is -2.63. The maximum atomic E-state index is 12.3. The number of hydrogen-bond donors (Lipinski definition) is 2. The van der Waals surface area contributed by atoms with E-state index in [1.165, 1.54) is 0 Å². The molecule has 25 heavy (non-hydrogen) atoms. The molecule has 132 valence electrons. The zero-order valence-corrected chi connectivity index (χ0v) is 14.6. The fourth-order valence-electron chi connectivity index (χ4n) is 3.37. The number of nitrogens with zero attached hydrogens (tertiary/aromatic N) is 2. The number of amides is 1. The van der Waals surface area contributed by atoms with Gasteiger partial charge in [0, 0.05) is 18.7 Å². The number of carboxylic acid groups (broad SMARTS) is 1. The van der Waals surface area contributed by atoms with E-state index in [4.69, 9.17) is 0 Å². The third-order valence-corrected chi connectivity index (χ3v) is 4.97. The first-order chi connectivity index (χ1) is 11.9. The standard InChI is InChI=1S/C19H23N3O3/c1-13-10-14(2)22(21-13)16-7-4-3-6-15(16)12-20-17(23)11-19(18(24)25)8-5-9-19/h3-4,6-7,10H,5,8-9,11-12H2,1-2H3,(H,20,23)(H,24,25). The van der Waals surface area contributed by atoms with Gasteiger partial charge in [-0.1, -0.05) is 24.6 Å². The van der Waals surface area contributed by atoms with E-state index in [0.29, 0.717) is 19.4 Å². The molecule has 0 unspecified atom stereocenters. The van der Waals surface area contributed by atoms with Crippen LogP contribution in [0, 0.1) is 19.3 Å². The molecule has 1 heterocycles. The molecular formula is C19H23N3O3. The Kier molecular flexibility index (Phi) is 4.61. The van der Waals surface area contributed by atoms with Crippen molar-refractivity contribution < 1.29 is 14.7 Å². The van der Waals surface area contributed by atoms with Gasteiger partial charge in [0.1, 0.15) is 0 Å². The zero-order valence-electron chi connectivity index (χ0n) is 14.6. The number of carbonyl (C=O) groups excluding carboxylic acids is 1. The summed E-state index contributed by atoms with van der Waals surface area (Å²) in [7, 11) is 0. The summed E-state index contributed by atoms with van der Waals surface area (Å²) >= 11 is 0. The van der Waals surface area contributed by atoms with Crippen LogP contribution in [0.5, 0.6) is 0 Å². The minimum absolute atomic E-state index is 0.0460. The molecule has 3 rings (SSSR count). The predicted octanol–water partition coefficient (Wildman–Crippen LogP) is 2.75. The summed E-state index contributed by atoms with van der Waals surface area (Å²) < 4.78 is 1.86. The van der Waals surface area contributed by atoms with Crippen molar-refractivity contribution in [3.8, 4) is 5.69 Å². The number of nitrogens with one attached hydrogen (secondary N) is 1. The molecule has 1 aromatic carbocycles. The van der Waals surface area contributed by atoms with Gasteiger partial charge in [-0.3, -0.25) is 9.59 Å². The first-order valence-corrected chi connectivity index (χ1v) is 8.53. The van der Waals surface area contributed by atoms with Gasteiger partial charge in [-0.25, -0.2) is 4.68 Å². The van der Waals surface area contributed by atoms with Gasteiger partial charge in [0.15, 0.2) is 0 Å². The SMILES string of the molecule is Cc1cc(C)n(-c2ccccc2CNC(=O)CC2(C(=O)O)CCC2)n1. The Morgan fingerprint density at radius 1 is 1.28 bits per heavy atom. The third kappa shape index (κ3) is 3.43. The molecule has 1 fully saturated rings. The maximum absolute atomic E-state index is 12.3. The number of rotatable bonds is 6. The van der Waals surface area contributed by atoms with Crippen LogP contribution in [0.25, 0.3) is 5.69 Å². The highest BCUT2D eigenvalue weighted by Crippen LogP contribution is 2.44. The fourth-order valence-corrected chi connectivity index (χ4v) is 3.37. The molecule has 1 saturated carbocycles. The van der Waals surface area contributed by atoms with E-state index >= 15 is 0 Å². The average molecular weight is 341 g/mol. The van der Waals surface area contributed by atoms with Gasteiger partial charge < -0.3 is 10.4 Å². The van der Waals surface area contributed by atoms with Crippen LogP contribution < -0.4 is 5.32 Å². The summed E-state index contributed by atoms with van der Waals surface area (Å²) in [6.07, 6.45) is 2.08. The van der Waals surface area contributed by atoms with Crippen LogP contribution in [-0.4, -0.2) is 26.8 Å². The largest absolute Gasteiger partial charge is 0.481 e. The van der Waals surface area contributed by atoms with E-state index in [1.807, 2.05) is 48.9 Å². The highest BCUT2D eigenvalue weighted by Gasteiger charge is 2.45. The van der Waals surface area contributed by atoms with Crippen molar-refractivity contribution in [3.05, 3.63) is 47.3 Å². The summed E-state index contributed by atoms with van der Waals surface area (Å²) in [4.78, 5) is 23.7. The number of aliphatic carboxylic acids is 1. The monoisotopic (exact) mass is 341 g/mol. The molecule has 0 spiro atoms. The Morgan fingerprint density at radius 2 is 2.00 bits per heavy atom. The highest BCUT2D eigenvalue weighted by molar-refractivity contribution is 5.85. The fraction of sp³-hybridized carbons (Fsp3) is 0.421. The molecule has 1 amide bonds. The summed E-state index contributed by atoms with van der Waals surface area (Å²) in [5, 5.41) is 16.7. The zero-order chi connectivity index (χ0) is 18.0. The summed E-state index contributed by atoms with van der Waals surface area (Å²) in [5.41, 5.74) is 2.96. The van der Waals surface area contributed by atoms with Crippen molar-refractivity contribution in [2.75, 3.05) is 0 Å². The molecule has 0 atom stereocenters. The highest BCUT2D eigenvalue weighted by atomic mass is 16.4. The number of benzene rings is 1. The first kappa shape index (κ1) is 17.2. The van der Waals surface area contributed by atoms with Crippen LogP contribution in [-0.2, 0) is 16.1 Å². The van der Waals surface area contributed by atoms with Crippen molar-refractivity contribution in [1.29, 1.82) is 0 Å². The lowest BCUT2D eigenvalue weighted by atomic mass is 9.66. The Balaban J connectivity index is 1.71. The van der Waals surface area contributed by atoms with E-state index < -0.39 is 11.4 Å². The van der Waals surface area contributed by atoms with E-state index in [2.05, 4.69) is 10.4 Å². The Morgan fingerprint density at radius 3 is 2.56 bits per heavy atom. The molecule has 1 aromatic heterocycles. The summed E-state index contributed by atoms with van der Waals surface area (Å²) in [6.45, 7) is 4.28. The van der Waals surface area contributed by atoms with Gasteiger partial charge in [-0.05, 0) is 44.4 Å². The number of para-hydroxylation sites is 1. The summed E-state index contributed by atoms with van der Waals surface area (Å²) in [5.74, 6) is -1.08. The van der Waals surface area contributed by atoms with Crippen LogP contribution in [0.2, 0.25) is 0 Å². The predicted molar refractivity (Wildman–Crippen MR) is 93.4 cm³/mol. The van der Waals surface area contributed by atoms with Gasteiger partial charge in [0.25, 0.3) is 0 Å². The van der Waals surface area contributed by atoms with Crippen molar-refractivity contribution in [3.63, 3.8) is 0 Å². The van der Waals surface area contributed by atoms with Crippen LogP contribution in [0.4, 0.5) is 0 Å². The van der Waals surface area contributed by atoms with Crippen molar-refractivity contribution in [2.45, 2.75) is 46.1 Å². The molecule has 2 N–H and O–H groups in total. The van der Waals surface area contributed by atoms with Gasteiger partial charge in [-0.15, -0.1) is 0 Å². The van der Waals surface area contributed by atoms with Crippen LogP contribution in [0.3, 0.4) is 0 Å². The van der Waals surface area contributed by atoms with E-state index in [0.717, 1.165) is 29.1 Å². The normalized spacial score (nSPS) is 15.4. The Bertz CT molecular complexity index is 806. The van der Waals surface area contributed by atoms with E-state index in [9.17, 15) is 14.7 Å². The van der Waals surface area contributed by atoms with Gasteiger partial charge in [0.05, 0.1) is 16.8 Å². The number of carboxylic acids is 1. The second kappa shape index (κ2) is 6.70. The summed E-state index contributed by atoms with van der Waals surface area (Å²) in [6, 6.07) is 9.77. The van der Waals surface area contributed by atoms with E-state index in [-0.39, 0.29) is 12.3 Å². The molecule has 1 aliphatic carbocycles.